The predicted molar refractivity (Wildman–Crippen MR) is 93.2 cm³/mol. The normalized spacial score (nSPS) is 21.4. The van der Waals surface area contributed by atoms with Crippen LogP contribution in [0, 0.1) is 5.41 Å². The maximum Gasteiger partial charge on any atom is 0.416 e. The Bertz CT molecular complexity index is 709. The fourth-order valence-corrected chi connectivity index (χ4v) is 3.13. The first kappa shape index (κ1) is 21.0. The number of carbonyl (C=O) groups is 2. The van der Waals surface area contributed by atoms with Crippen molar-refractivity contribution in [2.24, 2.45) is 5.41 Å². The number of hydrogen-bond donors (Lipinski definition) is 2. The molecule has 6 nitrogen and oxygen atoms in total. The molecule has 0 radical (unpaired) electrons. The van der Waals surface area contributed by atoms with Gasteiger partial charge in [-0.15, -0.1) is 0 Å². The number of nitrogens with zero attached hydrogens (tertiary/aromatic N) is 2. The van der Waals surface area contributed by atoms with E-state index in [0.29, 0.717) is 18.5 Å². The number of aliphatic carboxylic acids is 1. The number of benzene rings is 1. The molecule has 2 amide bonds. The van der Waals surface area contributed by atoms with E-state index in [1.165, 1.54) is 11.0 Å². The van der Waals surface area contributed by atoms with Crippen molar-refractivity contribution in [3.05, 3.63) is 35.4 Å². The first-order chi connectivity index (χ1) is 12.4. The zero-order valence-electron chi connectivity index (χ0n) is 15.5. The summed E-state index contributed by atoms with van der Waals surface area (Å²) in [6, 6.07) is 4.14. The molecular weight excluding hydrogens is 363 g/mol. The Morgan fingerprint density at radius 1 is 1.37 bits per heavy atom. The highest BCUT2D eigenvalue weighted by Crippen LogP contribution is 2.32. The lowest BCUT2D eigenvalue weighted by Gasteiger charge is -2.27. The van der Waals surface area contributed by atoms with E-state index in [9.17, 15) is 27.9 Å². The van der Waals surface area contributed by atoms with E-state index in [2.05, 4.69) is 5.32 Å². The van der Waals surface area contributed by atoms with Crippen molar-refractivity contribution in [3.8, 4) is 0 Å². The zero-order chi connectivity index (χ0) is 20.4. The minimum atomic E-state index is -4.44. The highest BCUT2D eigenvalue weighted by Gasteiger charge is 2.42. The molecule has 2 unspecified atom stereocenters. The first-order valence-electron chi connectivity index (χ1n) is 8.54. The molecule has 0 aliphatic carbocycles. The van der Waals surface area contributed by atoms with Gasteiger partial charge < -0.3 is 20.2 Å². The van der Waals surface area contributed by atoms with Gasteiger partial charge in [-0.3, -0.25) is 4.79 Å². The van der Waals surface area contributed by atoms with E-state index >= 15 is 0 Å². The monoisotopic (exact) mass is 387 g/mol. The Labute approximate surface area is 155 Å². The topological polar surface area (TPSA) is 72.9 Å². The van der Waals surface area contributed by atoms with Crippen LogP contribution in [0.1, 0.15) is 30.5 Å². The second kappa shape index (κ2) is 7.75. The zero-order valence-corrected chi connectivity index (χ0v) is 15.5. The molecule has 1 aromatic carbocycles. The molecule has 0 saturated carbocycles. The van der Waals surface area contributed by atoms with Crippen molar-refractivity contribution in [2.45, 2.75) is 25.6 Å². The van der Waals surface area contributed by atoms with Gasteiger partial charge in [0.1, 0.15) is 0 Å². The molecule has 9 heteroatoms. The van der Waals surface area contributed by atoms with Gasteiger partial charge in [-0.05, 0) is 45.1 Å². The fraction of sp³-hybridized carbons (Fsp3) is 0.556. The largest absolute Gasteiger partial charge is 0.481 e. The number of urea groups is 1. The van der Waals surface area contributed by atoms with Gasteiger partial charge in [0.15, 0.2) is 0 Å². The molecule has 1 aliphatic heterocycles. The average molecular weight is 387 g/mol. The fourth-order valence-electron chi connectivity index (χ4n) is 3.13. The summed E-state index contributed by atoms with van der Waals surface area (Å²) in [5, 5.41) is 12.0. The summed E-state index contributed by atoms with van der Waals surface area (Å²) < 4.78 is 38.9. The lowest BCUT2D eigenvalue weighted by atomic mass is 9.90. The van der Waals surface area contributed by atoms with E-state index in [-0.39, 0.29) is 13.1 Å². The molecule has 1 heterocycles. The molecule has 0 aromatic heterocycles. The number of rotatable bonds is 5. The quantitative estimate of drug-likeness (QED) is 0.815. The van der Waals surface area contributed by atoms with Crippen LogP contribution in [0.4, 0.5) is 18.0 Å². The highest BCUT2D eigenvalue weighted by molar-refractivity contribution is 5.79. The number of halogens is 3. The molecule has 0 bridgehead atoms. The van der Waals surface area contributed by atoms with Crippen molar-refractivity contribution < 1.29 is 27.9 Å². The third kappa shape index (κ3) is 4.91. The van der Waals surface area contributed by atoms with Crippen LogP contribution in [0.2, 0.25) is 0 Å². The summed E-state index contributed by atoms with van der Waals surface area (Å²) in [6.07, 6.45) is -4.08. The molecule has 1 saturated heterocycles. The maximum absolute atomic E-state index is 13.0. The third-order valence-electron chi connectivity index (χ3n) is 4.95. The molecule has 1 fully saturated rings. The predicted octanol–water partition coefficient (Wildman–Crippen LogP) is 2.81. The lowest BCUT2D eigenvalue weighted by molar-refractivity contribution is -0.147. The minimum absolute atomic E-state index is 0.102. The van der Waals surface area contributed by atoms with Gasteiger partial charge in [-0.25, -0.2) is 4.79 Å². The number of carbonyl (C=O) groups excluding carboxylic acids is 1. The van der Waals surface area contributed by atoms with Crippen LogP contribution < -0.4 is 5.32 Å². The average Bonchev–Trinajstić information content (AvgIpc) is 2.98. The van der Waals surface area contributed by atoms with E-state index < -0.39 is 35.2 Å². The van der Waals surface area contributed by atoms with Gasteiger partial charge in [-0.2, -0.15) is 13.2 Å². The lowest BCUT2D eigenvalue weighted by Crippen LogP contribution is -2.43. The van der Waals surface area contributed by atoms with Crippen molar-refractivity contribution in [1.82, 2.24) is 15.1 Å². The van der Waals surface area contributed by atoms with Crippen LogP contribution in [-0.2, 0) is 11.0 Å². The van der Waals surface area contributed by atoms with E-state index in [1.54, 1.807) is 32.0 Å². The Morgan fingerprint density at radius 3 is 2.56 bits per heavy atom. The summed E-state index contributed by atoms with van der Waals surface area (Å²) in [5.41, 5.74) is -1.28. The number of carboxylic acid groups (broad SMARTS) is 1. The van der Waals surface area contributed by atoms with Gasteiger partial charge in [-0.1, -0.05) is 12.1 Å². The number of likely N-dealkylation sites (N-methyl/N-ethyl adjacent to an activating group) is 1. The van der Waals surface area contributed by atoms with Crippen molar-refractivity contribution >= 4 is 12.0 Å². The summed E-state index contributed by atoms with van der Waals surface area (Å²) in [6.45, 7) is 2.12. The Kier molecular flexibility index (Phi) is 6.04. The van der Waals surface area contributed by atoms with E-state index in [4.69, 9.17) is 0 Å². The van der Waals surface area contributed by atoms with Crippen LogP contribution in [0.5, 0.6) is 0 Å². The SMILES string of the molecule is CN(C)C(CNC(=O)N1CCC(C)(C(=O)O)C1)c1cccc(C(F)(F)F)c1. The maximum atomic E-state index is 13.0. The van der Waals surface area contributed by atoms with Crippen LogP contribution in [0.15, 0.2) is 24.3 Å². The number of likely N-dealkylation sites (tertiary alicyclic amines) is 1. The summed E-state index contributed by atoms with van der Waals surface area (Å²) >= 11 is 0. The molecular formula is C18H24F3N3O3. The minimum Gasteiger partial charge on any atom is -0.481 e. The van der Waals surface area contributed by atoms with Gasteiger partial charge in [0.2, 0.25) is 0 Å². The van der Waals surface area contributed by atoms with Crippen LogP contribution in [0.3, 0.4) is 0 Å². The number of hydrogen-bond acceptors (Lipinski definition) is 3. The number of carboxylic acids is 1. The van der Waals surface area contributed by atoms with Gasteiger partial charge in [0.25, 0.3) is 0 Å². The van der Waals surface area contributed by atoms with Gasteiger partial charge >= 0.3 is 18.2 Å². The number of alkyl halides is 3. The first-order valence-corrected chi connectivity index (χ1v) is 8.54. The standard InChI is InChI=1S/C18H24F3N3O3/c1-17(15(25)26)7-8-24(11-17)16(27)22-10-14(23(2)3)12-5-4-6-13(9-12)18(19,20)21/h4-6,9,14H,7-8,10-11H2,1-3H3,(H,22,27)(H,25,26). The summed E-state index contributed by atoms with van der Waals surface area (Å²) in [5.74, 6) is -0.951. The van der Waals surface area contributed by atoms with E-state index in [0.717, 1.165) is 12.1 Å². The summed E-state index contributed by atoms with van der Waals surface area (Å²) in [4.78, 5) is 26.8. The molecule has 1 aliphatic rings. The number of nitrogens with one attached hydrogen (secondary N) is 1. The van der Waals surface area contributed by atoms with Gasteiger partial charge in [0, 0.05) is 19.6 Å². The van der Waals surface area contributed by atoms with Crippen LogP contribution >= 0.6 is 0 Å². The van der Waals surface area contributed by atoms with Crippen molar-refractivity contribution in [2.75, 3.05) is 33.7 Å². The third-order valence-corrected chi connectivity index (χ3v) is 4.95. The molecule has 150 valence electrons. The smallest absolute Gasteiger partial charge is 0.416 e. The number of amides is 2. The molecule has 1 aromatic rings. The van der Waals surface area contributed by atoms with Gasteiger partial charge in [0.05, 0.1) is 17.0 Å². The molecule has 2 N–H and O–H groups in total. The van der Waals surface area contributed by atoms with Crippen LogP contribution in [-0.4, -0.2) is 60.6 Å². The Morgan fingerprint density at radius 2 is 2.04 bits per heavy atom. The highest BCUT2D eigenvalue weighted by atomic mass is 19.4. The second-order valence-corrected chi connectivity index (χ2v) is 7.33. The van der Waals surface area contributed by atoms with Crippen molar-refractivity contribution in [3.63, 3.8) is 0 Å². The Balaban J connectivity index is 2.06. The summed E-state index contributed by atoms with van der Waals surface area (Å²) in [7, 11) is 3.43. The molecule has 2 atom stereocenters. The van der Waals surface area contributed by atoms with E-state index in [1.807, 2.05) is 0 Å². The molecule has 27 heavy (non-hydrogen) atoms. The molecule has 2 rings (SSSR count). The van der Waals surface area contributed by atoms with Crippen molar-refractivity contribution in [1.29, 1.82) is 0 Å². The Hall–Kier alpha value is -2.29. The second-order valence-electron chi connectivity index (χ2n) is 7.33. The van der Waals surface area contributed by atoms with Crippen LogP contribution in [0.25, 0.3) is 0 Å². The molecule has 0 spiro atoms.